The first-order valence-electron chi connectivity index (χ1n) is 11.4. The van der Waals surface area contributed by atoms with Crippen LogP contribution in [0.3, 0.4) is 0 Å². The lowest BCUT2D eigenvalue weighted by atomic mass is 9.98. The monoisotopic (exact) mass is 464 g/mol. The van der Waals surface area contributed by atoms with Crippen LogP contribution in [0.4, 0.5) is 0 Å². The number of amides is 3. The van der Waals surface area contributed by atoms with E-state index in [1.165, 1.54) is 11.2 Å². The smallest absolute Gasteiger partial charge is 0.326 e. The van der Waals surface area contributed by atoms with E-state index in [2.05, 4.69) is 20.6 Å². The van der Waals surface area contributed by atoms with Crippen LogP contribution in [0.5, 0.6) is 0 Å². The van der Waals surface area contributed by atoms with Gasteiger partial charge < -0.3 is 31.4 Å². The third kappa shape index (κ3) is 6.77. The summed E-state index contributed by atoms with van der Waals surface area (Å²) >= 11 is 0. The Hall–Kier alpha value is -2.95. The van der Waals surface area contributed by atoms with Gasteiger partial charge in [0.2, 0.25) is 17.7 Å². The molecule has 11 nitrogen and oxygen atoms in total. The largest absolute Gasteiger partial charge is 0.480 e. The van der Waals surface area contributed by atoms with E-state index in [1.54, 1.807) is 20.0 Å². The van der Waals surface area contributed by atoms with E-state index in [-0.39, 0.29) is 18.3 Å². The summed E-state index contributed by atoms with van der Waals surface area (Å²) in [6.07, 6.45) is 4.83. The Morgan fingerprint density at radius 3 is 2.48 bits per heavy atom. The molecule has 0 aliphatic carbocycles. The van der Waals surface area contributed by atoms with Crippen molar-refractivity contribution in [2.45, 2.75) is 77.5 Å². The Bertz CT molecular complexity index is 827. The van der Waals surface area contributed by atoms with Crippen LogP contribution < -0.4 is 16.4 Å². The Labute approximate surface area is 193 Å². The van der Waals surface area contributed by atoms with Crippen LogP contribution in [0.25, 0.3) is 0 Å². The van der Waals surface area contributed by atoms with E-state index >= 15 is 0 Å². The van der Waals surface area contributed by atoms with Gasteiger partial charge in [0.1, 0.15) is 18.1 Å². The molecule has 184 valence electrons. The van der Waals surface area contributed by atoms with Gasteiger partial charge in [0, 0.05) is 24.9 Å². The second-order valence-corrected chi connectivity index (χ2v) is 9.01. The second kappa shape index (κ2) is 11.8. The lowest BCUT2D eigenvalue weighted by Crippen LogP contribution is -2.59. The molecule has 1 aliphatic rings. The second-order valence-electron chi connectivity index (χ2n) is 9.01. The van der Waals surface area contributed by atoms with Crippen LogP contribution in [0.2, 0.25) is 0 Å². The molecule has 0 bridgehead atoms. The van der Waals surface area contributed by atoms with Crippen molar-refractivity contribution in [3.63, 3.8) is 0 Å². The summed E-state index contributed by atoms with van der Waals surface area (Å²) in [6, 6.07) is -3.60. The number of rotatable bonds is 11. The van der Waals surface area contributed by atoms with Gasteiger partial charge in [0.25, 0.3) is 0 Å². The lowest BCUT2D eigenvalue weighted by Gasteiger charge is -2.31. The minimum absolute atomic E-state index is 0.0750. The predicted molar refractivity (Wildman–Crippen MR) is 121 cm³/mol. The highest BCUT2D eigenvalue weighted by Gasteiger charge is 2.39. The Balaban J connectivity index is 2.19. The number of carboxylic acid groups (broad SMARTS) is 1. The average molecular weight is 465 g/mol. The molecule has 1 aromatic rings. The Morgan fingerprint density at radius 2 is 1.94 bits per heavy atom. The molecular formula is C22H36N6O5. The summed E-state index contributed by atoms with van der Waals surface area (Å²) in [4.78, 5) is 58.8. The molecule has 5 unspecified atom stereocenters. The molecule has 33 heavy (non-hydrogen) atoms. The molecule has 1 aliphatic heterocycles. The van der Waals surface area contributed by atoms with Gasteiger partial charge in [-0.15, -0.1) is 0 Å². The molecule has 0 saturated carbocycles. The highest BCUT2D eigenvalue weighted by molar-refractivity contribution is 5.94. The van der Waals surface area contributed by atoms with Crippen molar-refractivity contribution in [2.75, 3.05) is 6.54 Å². The van der Waals surface area contributed by atoms with E-state index in [0.29, 0.717) is 31.5 Å². The Morgan fingerprint density at radius 1 is 1.24 bits per heavy atom. The normalized spacial score (nSPS) is 19.6. The first-order chi connectivity index (χ1) is 15.6. The first-order valence-corrected chi connectivity index (χ1v) is 11.4. The van der Waals surface area contributed by atoms with Gasteiger partial charge in [0.05, 0.1) is 12.4 Å². The summed E-state index contributed by atoms with van der Waals surface area (Å²) in [5.41, 5.74) is 6.67. The molecule has 3 amide bonds. The number of carbonyl (C=O) groups is 4. The molecule has 6 N–H and O–H groups in total. The maximum absolute atomic E-state index is 13.2. The van der Waals surface area contributed by atoms with Gasteiger partial charge in [-0.05, 0) is 24.7 Å². The van der Waals surface area contributed by atoms with Crippen molar-refractivity contribution in [2.24, 2.45) is 17.6 Å². The average Bonchev–Trinajstić information content (AvgIpc) is 3.47. The van der Waals surface area contributed by atoms with Crippen LogP contribution in [-0.2, 0) is 25.6 Å². The minimum atomic E-state index is -1.06. The zero-order valence-corrected chi connectivity index (χ0v) is 19.7. The number of aromatic amines is 1. The van der Waals surface area contributed by atoms with E-state index in [9.17, 15) is 24.3 Å². The van der Waals surface area contributed by atoms with Crippen LogP contribution >= 0.6 is 0 Å². The number of carboxylic acids is 1. The van der Waals surface area contributed by atoms with Gasteiger partial charge in [-0.25, -0.2) is 9.78 Å². The van der Waals surface area contributed by atoms with Crippen molar-refractivity contribution in [1.29, 1.82) is 0 Å². The lowest BCUT2D eigenvalue weighted by molar-refractivity contribution is -0.150. The van der Waals surface area contributed by atoms with Gasteiger partial charge in [-0.2, -0.15) is 0 Å². The number of aromatic nitrogens is 2. The van der Waals surface area contributed by atoms with Gasteiger partial charge in [0.15, 0.2) is 0 Å². The number of likely N-dealkylation sites (tertiary alicyclic amines) is 1. The van der Waals surface area contributed by atoms with Crippen molar-refractivity contribution in [3.8, 4) is 0 Å². The molecule has 1 fully saturated rings. The molecule has 0 spiro atoms. The van der Waals surface area contributed by atoms with Gasteiger partial charge in [-0.1, -0.05) is 34.1 Å². The summed E-state index contributed by atoms with van der Waals surface area (Å²) in [6.45, 7) is 7.66. The number of nitrogens with two attached hydrogens (primary N) is 1. The molecule has 2 rings (SSSR count). The Kier molecular flexibility index (Phi) is 9.39. The van der Waals surface area contributed by atoms with Gasteiger partial charge in [-0.3, -0.25) is 14.4 Å². The fourth-order valence-electron chi connectivity index (χ4n) is 3.84. The molecule has 11 heteroatoms. The summed E-state index contributed by atoms with van der Waals surface area (Å²) in [5.74, 6) is -2.87. The van der Waals surface area contributed by atoms with Gasteiger partial charge >= 0.3 is 5.97 Å². The zero-order chi connectivity index (χ0) is 24.7. The molecule has 5 atom stereocenters. The van der Waals surface area contributed by atoms with E-state index in [0.717, 1.165) is 0 Å². The number of imidazole rings is 1. The SMILES string of the molecule is CCC(C)C(N)C(=O)NC(Cc1cnc[nH]1)C(=O)NC(C(=O)N1CCCC1C(=O)O)C(C)C. The third-order valence-corrected chi connectivity index (χ3v) is 6.22. The highest BCUT2D eigenvalue weighted by Crippen LogP contribution is 2.20. The van der Waals surface area contributed by atoms with Crippen molar-refractivity contribution < 1.29 is 24.3 Å². The van der Waals surface area contributed by atoms with Crippen LogP contribution in [0.1, 0.15) is 52.7 Å². The number of nitrogens with one attached hydrogen (secondary N) is 3. The molecule has 0 aromatic carbocycles. The van der Waals surface area contributed by atoms with Crippen LogP contribution in [-0.4, -0.2) is 74.4 Å². The summed E-state index contributed by atoms with van der Waals surface area (Å²) in [7, 11) is 0. The third-order valence-electron chi connectivity index (χ3n) is 6.22. The molecule has 2 heterocycles. The van der Waals surface area contributed by atoms with Crippen LogP contribution in [0.15, 0.2) is 12.5 Å². The van der Waals surface area contributed by atoms with Crippen LogP contribution in [0, 0.1) is 11.8 Å². The number of H-pyrrole nitrogens is 1. The summed E-state index contributed by atoms with van der Waals surface area (Å²) < 4.78 is 0. The summed E-state index contributed by atoms with van der Waals surface area (Å²) in [5, 5.41) is 14.9. The molecule has 1 aromatic heterocycles. The van der Waals surface area contributed by atoms with Crippen molar-refractivity contribution >= 4 is 23.7 Å². The molecule has 1 saturated heterocycles. The number of hydrogen-bond donors (Lipinski definition) is 5. The predicted octanol–water partition coefficient (Wildman–Crippen LogP) is 0.0268. The standard InChI is InChI=1S/C22H36N6O5/c1-5-13(4)17(23)20(30)26-15(9-14-10-24-11-25-14)19(29)27-18(12(2)3)21(31)28-8-6-7-16(28)22(32)33/h10-13,15-18H,5-9,23H2,1-4H3,(H,24,25)(H,26,30)(H,27,29)(H,32,33). The number of nitrogens with zero attached hydrogens (tertiary/aromatic N) is 2. The first kappa shape index (κ1) is 26.3. The van der Waals surface area contributed by atoms with Crippen molar-refractivity contribution in [1.82, 2.24) is 25.5 Å². The molecule has 0 radical (unpaired) electrons. The fourth-order valence-corrected chi connectivity index (χ4v) is 3.84. The number of aliphatic carboxylic acids is 1. The van der Waals surface area contributed by atoms with Crippen molar-refractivity contribution in [3.05, 3.63) is 18.2 Å². The molecular weight excluding hydrogens is 428 g/mol. The minimum Gasteiger partial charge on any atom is -0.480 e. The zero-order valence-electron chi connectivity index (χ0n) is 19.7. The quantitative estimate of drug-likeness (QED) is 0.307. The fraction of sp³-hybridized carbons (Fsp3) is 0.682. The number of carbonyl (C=O) groups excluding carboxylic acids is 3. The van der Waals surface area contributed by atoms with E-state index < -0.39 is 47.9 Å². The number of hydrogen-bond acceptors (Lipinski definition) is 6. The topological polar surface area (TPSA) is 171 Å². The highest BCUT2D eigenvalue weighted by atomic mass is 16.4. The maximum Gasteiger partial charge on any atom is 0.326 e. The maximum atomic E-state index is 13.2. The van der Waals surface area contributed by atoms with E-state index in [4.69, 9.17) is 5.73 Å². The van der Waals surface area contributed by atoms with E-state index in [1.807, 2.05) is 13.8 Å².